The lowest BCUT2D eigenvalue weighted by Crippen LogP contribution is -2.45. The van der Waals surface area contributed by atoms with E-state index in [0.717, 1.165) is 37.6 Å². The molecule has 3 heterocycles. The summed E-state index contributed by atoms with van der Waals surface area (Å²) in [5.41, 5.74) is 4.39. The average molecular weight is 408 g/mol. The van der Waals surface area contributed by atoms with E-state index < -0.39 is 0 Å². The van der Waals surface area contributed by atoms with Crippen LogP contribution in [0.15, 0.2) is 24.5 Å². The third-order valence-electron chi connectivity index (χ3n) is 4.96. The van der Waals surface area contributed by atoms with Crippen molar-refractivity contribution in [1.82, 2.24) is 25.0 Å². The topological polar surface area (TPSA) is 72.3 Å². The summed E-state index contributed by atoms with van der Waals surface area (Å²) in [5, 5.41) is 8.06. The van der Waals surface area contributed by atoms with Crippen molar-refractivity contribution in [2.45, 2.75) is 52.9 Å². The first-order chi connectivity index (χ1) is 13.0. The molecule has 1 aliphatic heterocycles. The van der Waals surface area contributed by atoms with Gasteiger partial charge in [0.25, 0.3) is 0 Å². The molecule has 1 unspecified atom stereocenters. The van der Waals surface area contributed by atoms with Gasteiger partial charge < -0.3 is 10.1 Å². The predicted octanol–water partition coefficient (Wildman–Crippen LogP) is 2.41. The van der Waals surface area contributed by atoms with Crippen LogP contribution in [-0.4, -0.2) is 51.4 Å². The van der Waals surface area contributed by atoms with Crippen LogP contribution in [-0.2, 0) is 22.6 Å². The normalized spacial score (nSPS) is 17.4. The Balaban J connectivity index is 0.00000280. The molecule has 0 saturated carbocycles. The molecule has 0 radical (unpaired) electrons. The van der Waals surface area contributed by atoms with Crippen LogP contribution < -0.4 is 5.32 Å². The summed E-state index contributed by atoms with van der Waals surface area (Å²) in [6.07, 6.45) is 3.63. The highest BCUT2D eigenvalue weighted by molar-refractivity contribution is 5.85. The van der Waals surface area contributed by atoms with Gasteiger partial charge >= 0.3 is 5.97 Å². The summed E-state index contributed by atoms with van der Waals surface area (Å²) in [7, 11) is 0. The van der Waals surface area contributed by atoms with Crippen LogP contribution in [0.3, 0.4) is 0 Å². The van der Waals surface area contributed by atoms with E-state index in [4.69, 9.17) is 4.74 Å². The lowest BCUT2D eigenvalue weighted by molar-refractivity contribution is -0.148. The van der Waals surface area contributed by atoms with Gasteiger partial charge in [-0.1, -0.05) is 6.07 Å². The average Bonchev–Trinajstić information content (AvgIpc) is 2.89. The van der Waals surface area contributed by atoms with Gasteiger partial charge in [-0.25, -0.2) is 0 Å². The number of esters is 1. The number of carbonyl (C=O) groups excluding carboxylic acids is 1. The summed E-state index contributed by atoms with van der Waals surface area (Å²) >= 11 is 0. The molecule has 28 heavy (non-hydrogen) atoms. The number of aryl methyl sites for hydroxylation is 1. The molecule has 0 aliphatic carbocycles. The fourth-order valence-corrected chi connectivity index (χ4v) is 3.58. The van der Waals surface area contributed by atoms with Crippen molar-refractivity contribution in [1.29, 1.82) is 0 Å². The Kier molecular flexibility index (Phi) is 7.98. The van der Waals surface area contributed by atoms with E-state index in [0.29, 0.717) is 0 Å². The second-order valence-corrected chi connectivity index (χ2v) is 7.32. The zero-order chi connectivity index (χ0) is 19.4. The van der Waals surface area contributed by atoms with Crippen molar-refractivity contribution in [2.75, 3.05) is 19.6 Å². The second kappa shape index (κ2) is 10.0. The Morgan fingerprint density at radius 3 is 2.86 bits per heavy atom. The lowest BCUT2D eigenvalue weighted by Gasteiger charge is -2.36. The van der Waals surface area contributed by atoms with Gasteiger partial charge in [0.15, 0.2) is 0 Å². The van der Waals surface area contributed by atoms with E-state index in [1.54, 1.807) is 10.9 Å². The summed E-state index contributed by atoms with van der Waals surface area (Å²) in [6, 6.07) is 4.39. The fourth-order valence-electron chi connectivity index (χ4n) is 3.58. The Labute approximate surface area is 172 Å². The molecule has 0 amide bonds. The monoisotopic (exact) mass is 407 g/mol. The van der Waals surface area contributed by atoms with Crippen molar-refractivity contribution in [3.05, 3.63) is 47.0 Å². The molecule has 7 nitrogen and oxygen atoms in total. The molecule has 1 saturated heterocycles. The highest BCUT2D eigenvalue weighted by Crippen LogP contribution is 2.25. The lowest BCUT2D eigenvalue weighted by atomic mass is 10.0. The molecule has 2 aromatic heterocycles. The Morgan fingerprint density at radius 2 is 2.18 bits per heavy atom. The first kappa shape index (κ1) is 22.3. The van der Waals surface area contributed by atoms with Crippen LogP contribution in [0.4, 0.5) is 0 Å². The van der Waals surface area contributed by atoms with Crippen molar-refractivity contribution >= 4 is 18.4 Å². The summed E-state index contributed by atoms with van der Waals surface area (Å²) in [6.45, 7) is 11.5. The highest BCUT2D eigenvalue weighted by Gasteiger charge is 2.26. The Morgan fingerprint density at radius 1 is 1.39 bits per heavy atom. The fraction of sp³-hybridized carbons (Fsp3) is 0.550. The Hall–Kier alpha value is -1.96. The third kappa shape index (κ3) is 5.31. The van der Waals surface area contributed by atoms with Gasteiger partial charge in [0.05, 0.1) is 11.8 Å². The zero-order valence-electron chi connectivity index (χ0n) is 17.0. The molecule has 1 atom stereocenters. The summed E-state index contributed by atoms with van der Waals surface area (Å²) in [4.78, 5) is 18.7. The van der Waals surface area contributed by atoms with Crippen LogP contribution in [0.2, 0.25) is 0 Å². The highest BCUT2D eigenvalue weighted by atomic mass is 35.5. The minimum atomic E-state index is -0.252. The molecule has 154 valence electrons. The molecule has 2 aromatic rings. The molecule has 0 bridgehead atoms. The third-order valence-corrected chi connectivity index (χ3v) is 4.96. The van der Waals surface area contributed by atoms with Crippen LogP contribution in [0, 0.1) is 13.8 Å². The maximum absolute atomic E-state index is 12.0. The van der Waals surface area contributed by atoms with Crippen LogP contribution in [0.25, 0.3) is 0 Å². The maximum Gasteiger partial charge on any atom is 0.328 e. The second-order valence-electron chi connectivity index (χ2n) is 7.32. The van der Waals surface area contributed by atoms with Crippen molar-refractivity contribution < 1.29 is 9.53 Å². The number of hydrogen-bond donors (Lipinski definition) is 1. The zero-order valence-corrected chi connectivity index (χ0v) is 17.8. The molecule has 1 aliphatic rings. The van der Waals surface area contributed by atoms with Crippen molar-refractivity contribution in [3.8, 4) is 0 Å². The van der Waals surface area contributed by atoms with Gasteiger partial charge in [0.2, 0.25) is 0 Å². The van der Waals surface area contributed by atoms with Gasteiger partial charge in [-0.3, -0.25) is 19.4 Å². The minimum absolute atomic E-state index is 0. The SMILES string of the molecule is Cc1nn(CC(=O)OC(C)C)c(C)c1CN1CCNCC1c1cccnc1.Cl. The number of aromatic nitrogens is 3. The van der Waals surface area contributed by atoms with Gasteiger partial charge in [0, 0.05) is 55.9 Å². The maximum atomic E-state index is 12.0. The van der Waals surface area contributed by atoms with E-state index in [9.17, 15) is 4.79 Å². The van der Waals surface area contributed by atoms with Gasteiger partial charge in [-0.2, -0.15) is 5.10 Å². The summed E-state index contributed by atoms with van der Waals surface area (Å²) < 4.78 is 7.02. The molecule has 1 fully saturated rings. The van der Waals surface area contributed by atoms with E-state index in [-0.39, 0.29) is 37.1 Å². The number of rotatable bonds is 6. The molecular weight excluding hydrogens is 378 g/mol. The van der Waals surface area contributed by atoms with E-state index in [2.05, 4.69) is 26.4 Å². The molecule has 0 spiro atoms. The van der Waals surface area contributed by atoms with Gasteiger partial charge in [0.1, 0.15) is 6.54 Å². The quantitative estimate of drug-likeness (QED) is 0.741. The first-order valence-electron chi connectivity index (χ1n) is 9.52. The van der Waals surface area contributed by atoms with Gasteiger partial charge in [-0.15, -0.1) is 12.4 Å². The smallest absolute Gasteiger partial charge is 0.328 e. The largest absolute Gasteiger partial charge is 0.462 e. The number of piperazine rings is 1. The van der Waals surface area contributed by atoms with Crippen LogP contribution in [0.5, 0.6) is 0 Å². The molecular formula is C20H30ClN5O2. The number of nitrogens with one attached hydrogen (secondary N) is 1. The van der Waals surface area contributed by atoms with E-state index >= 15 is 0 Å². The molecule has 3 rings (SSSR count). The van der Waals surface area contributed by atoms with E-state index in [1.165, 1.54) is 11.1 Å². The number of carbonyl (C=O) groups is 1. The van der Waals surface area contributed by atoms with Gasteiger partial charge in [-0.05, 0) is 39.3 Å². The number of hydrogen-bond acceptors (Lipinski definition) is 6. The predicted molar refractivity (Wildman–Crippen MR) is 110 cm³/mol. The van der Waals surface area contributed by atoms with E-state index in [1.807, 2.05) is 40.0 Å². The van der Waals surface area contributed by atoms with Crippen molar-refractivity contribution in [2.24, 2.45) is 0 Å². The number of pyridine rings is 1. The summed E-state index contributed by atoms with van der Waals surface area (Å²) in [5.74, 6) is -0.252. The first-order valence-corrected chi connectivity index (χ1v) is 9.52. The number of nitrogens with zero attached hydrogens (tertiary/aromatic N) is 4. The molecule has 0 aromatic carbocycles. The Bertz CT molecular complexity index is 778. The molecule has 1 N–H and O–H groups in total. The van der Waals surface area contributed by atoms with Crippen LogP contribution in [0.1, 0.15) is 42.4 Å². The standard InChI is InChI=1S/C20H29N5O2.ClH/c1-14(2)27-20(26)13-25-16(4)18(15(3)23-25)12-24-9-8-22-11-19(24)17-6-5-7-21-10-17;/h5-7,10,14,19,22H,8-9,11-13H2,1-4H3;1H. The molecule has 8 heteroatoms. The minimum Gasteiger partial charge on any atom is -0.462 e. The van der Waals surface area contributed by atoms with Crippen molar-refractivity contribution in [3.63, 3.8) is 0 Å². The van der Waals surface area contributed by atoms with Crippen LogP contribution >= 0.6 is 12.4 Å². The number of halogens is 1. The number of ether oxygens (including phenoxy) is 1.